The minimum Gasteiger partial charge on any atom is -0.384 e. The van der Waals surface area contributed by atoms with Gasteiger partial charge in [0.2, 0.25) is 5.89 Å². The van der Waals surface area contributed by atoms with Crippen LogP contribution in [0.3, 0.4) is 0 Å². The lowest BCUT2D eigenvalue weighted by Crippen LogP contribution is -2.46. The highest BCUT2D eigenvalue weighted by atomic mass is 16.5. The second-order valence-electron chi connectivity index (χ2n) is 5.75. The van der Waals surface area contributed by atoms with E-state index in [-0.39, 0.29) is 0 Å². The van der Waals surface area contributed by atoms with Gasteiger partial charge in [0, 0.05) is 45.9 Å². The smallest absolute Gasteiger partial charge is 0.240 e. The third-order valence-corrected chi connectivity index (χ3v) is 4.05. The van der Waals surface area contributed by atoms with Crippen LogP contribution in [-0.4, -0.2) is 59.9 Å². The lowest BCUT2D eigenvalue weighted by molar-refractivity contribution is 0.199. The Morgan fingerprint density at radius 2 is 2.09 bits per heavy atom. The molecular formula is C16H23N5O2. The summed E-state index contributed by atoms with van der Waals surface area (Å²) in [6.07, 6.45) is 2.54. The van der Waals surface area contributed by atoms with Gasteiger partial charge in [0.1, 0.15) is 5.82 Å². The normalized spacial score (nSPS) is 16.0. The van der Waals surface area contributed by atoms with Crippen LogP contribution >= 0.6 is 0 Å². The Bertz CT molecular complexity index is 622. The van der Waals surface area contributed by atoms with Crippen molar-refractivity contribution in [2.75, 3.05) is 44.8 Å². The van der Waals surface area contributed by atoms with Gasteiger partial charge in [0.15, 0.2) is 5.82 Å². The van der Waals surface area contributed by atoms with Gasteiger partial charge in [-0.1, -0.05) is 11.2 Å². The van der Waals surface area contributed by atoms with Crippen molar-refractivity contribution in [2.45, 2.75) is 19.9 Å². The van der Waals surface area contributed by atoms with E-state index >= 15 is 0 Å². The number of piperazine rings is 1. The number of aromatic nitrogens is 3. The zero-order chi connectivity index (χ0) is 16.1. The van der Waals surface area contributed by atoms with Crippen molar-refractivity contribution in [1.29, 1.82) is 0 Å². The second-order valence-corrected chi connectivity index (χ2v) is 5.75. The summed E-state index contributed by atoms with van der Waals surface area (Å²) in [4.78, 5) is 13.6. The van der Waals surface area contributed by atoms with Crippen LogP contribution in [0.15, 0.2) is 22.9 Å². The first-order valence-electron chi connectivity index (χ1n) is 7.95. The van der Waals surface area contributed by atoms with Gasteiger partial charge < -0.3 is 14.2 Å². The molecule has 3 rings (SSSR count). The molecule has 0 aliphatic carbocycles. The summed E-state index contributed by atoms with van der Waals surface area (Å²) >= 11 is 0. The molecule has 7 nitrogen and oxygen atoms in total. The summed E-state index contributed by atoms with van der Waals surface area (Å²) in [5.41, 5.74) is 1.22. The van der Waals surface area contributed by atoms with Crippen LogP contribution < -0.4 is 4.90 Å². The molecule has 23 heavy (non-hydrogen) atoms. The van der Waals surface area contributed by atoms with Gasteiger partial charge in [0.25, 0.3) is 0 Å². The van der Waals surface area contributed by atoms with Gasteiger partial charge in [-0.25, -0.2) is 4.98 Å². The number of methoxy groups -OCH3 is 1. The number of ether oxygens (including phenoxy) is 1. The van der Waals surface area contributed by atoms with Crippen LogP contribution in [0.2, 0.25) is 0 Å². The largest absolute Gasteiger partial charge is 0.384 e. The van der Waals surface area contributed by atoms with E-state index in [1.165, 1.54) is 5.56 Å². The molecule has 0 N–H and O–H groups in total. The number of aryl methyl sites for hydroxylation is 1. The maximum atomic E-state index is 5.31. The van der Waals surface area contributed by atoms with Crippen molar-refractivity contribution >= 4 is 5.82 Å². The van der Waals surface area contributed by atoms with E-state index < -0.39 is 0 Å². The SMILES string of the molecule is COCCc1noc(CN2CCN(c3ncccc3C)CC2)n1. The van der Waals surface area contributed by atoms with Crippen molar-refractivity contribution in [3.8, 4) is 0 Å². The molecule has 0 bridgehead atoms. The van der Waals surface area contributed by atoms with Gasteiger partial charge in [-0.2, -0.15) is 4.98 Å². The number of anilines is 1. The first kappa shape index (κ1) is 15.9. The lowest BCUT2D eigenvalue weighted by atomic mass is 10.2. The minimum absolute atomic E-state index is 0.612. The maximum Gasteiger partial charge on any atom is 0.240 e. The van der Waals surface area contributed by atoms with Crippen molar-refractivity contribution in [3.63, 3.8) is 0 Å². The Kier molecular flexibility index (Phi) is 5.19. The van der Waals surface area contributed by atoms with E-state index in [9.17, 15) is 0 Å². The second kappa shape index (κ2) is 7.52. The molecule has 0 saturated carbocycles. The minimum atomic E-state index is 0.612. The highest BCUT2D eigenvalue weighted by Crippen LogP contribution is 2.18. The van der Waals surface area contributed by atoms with Gasteiger partial charge >= 0.3 is 0 Å². The Morgan fingerprint density at radius 1 is 1.26 bits per heavy atom. The van der Waals surface area contributed by atoms with Gasteiger partial charge in [-0.05, 0) is 18.6 Å². The summed E-state index contributed by atoms with van der Waals surface area (Å²) in [5, 5.41) is 3.98. The van der Waals surface area contributed by atoms with E-state index in [1.54, 1.807) is 7.11 Å². The molecule has 1 saturated heterocycles. The predicted octanol–water partition coefficient (Wildman–Crippen LogP) is 1.28. The van der Waals surface area contributed by atoms with Crippen LogP contribution in [0.5, 0.6) is 0 Å². The molecule has 1 fully saturated rings. The van der Waals surface area contributed by atoms with E-state index in [4.69, 9.17) is 9.26 Å². The summed E-state index contributed by atoms with van der Waals surface area (Å²) in [7, 11) is 1.67. The maximum absolute atomic E-state index is 5.31. The van der Waals surface area contributed by atoms with Crippen LogP contribution in [0.1, 0.15) is 17.3 Å². The fraction of sp³-hybridized carbons (Fsp3) is 0.562. The number of nitrogens with zero attached hydrogens (tertiary/aromatic N) is 5. The highest BCUT2D eigenvalue weighted by molar-refractivity contribution is 5.46. The standard InChI is InChI=1S/C16H23N5O2/c1-13-4-3-6-17-16(13)21-9-7-20(8-10-21)12-15-18-14(19-23-15)5-11-22-2/h3-4,6H,5,7-12H2,1-2H3. The summed E-state index contributed by atoms with van der Waals surface area (Å²) in [6.45, 7) is 7.27. The molecule has 1 aliphatic rings. The average Bonchev–Trinajstić information content (AvgIpc) is 3.02. The number of pyridine rings is 1. The number of rotatable bonds is 6. The molecule has 0 radical (unpaired) electrons. The summed E-state index contributed by atoms with van der Waals surface area (Å²) < 4.78 is 10.3. The van der Waals surface area contributed by atoms with Crippen molar-refractivity contribution in [2.24, 2.45) is 0 Å². The Hall–Kier alpha value is -1.99. The number of hydrogen-bond acceptors (Lipinski definition) is 7. The number of hydrogen-bond donors (Lipinski definition) is 0. The molecule has 2 aromatic heterocycles. The molecule has 0 unspecified atom stereocenters. The fourth-order valence-electron chi connectivity index (χ4n) is 2.77. The molecular weight excluding hydrogens is 294 g/mol. The monoisotopic (exact) mass is 317 g/mol. The molecule has 7 heteroatoms. The van der Waals surface area contributed by atoms with Crippen LogP contribution in [-0.2, 0) is 17.7 Å². The average molecular weight is 317 g/mol. The van der Waals surface area contributed by atoms with Gasteiger partial charge in [-0.15, -0.1) is 0 Å². The molecule has 0 aromatic carbocycles. The van der Waals surface area contributed by atoms with E-state index in [1.807, 2.05) is 12.3 Å². The van der Waals surface area contributed by atoms with Crippen molar-refractivity contribution in [1.82, 2.24) is 20.0 Å². The molecule has 3 heterocycles. The van der Waals surface area contributed by atoms with Crippen molar-refractivity contribution in [3.05, 3.63) is 35.6 Å². The predicted molar refractivity (Wildman–Crippen MR) is 86.3 cm³/mol. The Labute approximate surface area is 136 Å². The first-order valence-corrected chi connectivity index (χ1v) is 7.95. The fourth-order valence-corrected chi connectivity index (χ4v) is 2.77. The molecule has 2 aromatic rings. The van der Waals surface area contributed by atoms with Crippen LogP contribution in [0.25, 0.3) is 0 Å². The van der Waals surface area contributed by atoms with Gasteiger partial charge in [-0.3, -0.25) is 4.90 Å². The third kappa shape index (κ3) is 4.05. The lowest BCUT2D eigenvalue weighted by Gasteiger charge is -2.35. The molecule has 0 amide bonds. The molecule has 0 atom stereocenters. The first-order chi connectivity index (χ1) is 11.3. The summed E-state index contributed by atoms with van der Waals surface area (Å²) in [6, 6.07) is 4.08. The quantitative estimate of drug-likeness (QED) is 0.795. The molecule has 0 spiro atoms. The van der Waals surface area contributed by atoms with Crippen LogP contribution in [0.4, 0.5) is 5.82 Å². The van der Waals surface area contributed by atoms with Crippen molar-refractivity contribution < 1.29 is 9.26 Å². The molecule has 1 aliphatic heterocycles. The van der Waals surface area contributed by atoms with E-state index in [0.717, 1.165) is 32.0 Å². The van der Waals surface area contributed by atoms with Crippen LogP contribution in [0, 0.1) is 6.92 Å². The zero-order valence-corrected chi connectivity index (χ0v) is 13.7. The Balaban J connectivity index is 1.51. The van der Waals surface area contributed by atoms with Gasteiger partial charge in [0.05, 0.1) is 13.2 Å². The Morgan fingerprint density at radius 3 is 2.83 bits per heavy atom. The zero-order valence-electron chi connectivity index (χ0n) is 13.7. The summed E-state index contributed by atoms with van der Waals surface area (Å²) in [5.74, 6) is 2.48. The third-order valence-electron chi connectivity index (χ3n) is 4.05. The topological polar surface area (TPSA) is 67.5 Å². The van der Waals surface area contributed by atoms with E-state index in [0.29, 0.717) is 31.3 Å². The van der Waals surface area contributed by atoms with E-state index in [2.05, 4.69) is 37.9 Å². The molecule has 124 valence electrons. The highest BCUT2D eigenvalue weighted by Gasteiger charge is 2.20.